The number of nitrogens with two attached hydrogens (primary N) is 2. The number of guanidine groups is 1. The number of fused-ring (bicyclic) bond motifs is 1. The van der Waals surface area contributed by atoms with E-state index in [-0.39, 0.29) is 35.2 Å². The Kier molecular flexibility index (Phi) is 8.04. The van der Waals surface area contributed by atoms with Crippen LogP contribution in [0, 0.1) is 11.7 Å². The number of hydrogen-bond donors (Lipinski definition) is 7. The van der Waals surface area contributed by atoms with E-state index in [9.17, 15) is 19.1 Å². The van der Waals surface area contributed by atoms with Crippen molar-refractivity contribution in [3.8, 4) is 0 Å². The molecule has 10 nitrogen and oxygen atoms in total. The van der Waals surface area contributed by atoms with Crippen LogP contribution >= 0.6 is 11.6 Å². The van der Waals surface area contributed by atoms with E-state index in [1.165, 1.54) is 12.1 Å². The zero-order valence-corrected chi connectivity index (χ0v) is 20.2. The largest absolute Gasteiger partial charge is 0.390 e. The zero-order chi connectivity index (χ0) is 25.8. The van der Waals surface area contributed by atoms with Gasteiger partial charge in [0.1, 0.15) is 5.82 Å². The number of halogens is 2. The molecule has 2 aromatic rings. The molecular formula is C24H29ClFN7O3. The normalized spacial score (nSPS) is 22.6. The summed E-state index contributed by atoms with van der Waals surface area (Å²) in [5.74, 6) is -2.74. The van der Waals surface area contributed by atoms with Gasteiger partial charge in [0.15, 0.2) is 5.96 Å². The monoisotopic (exact) mass is 517 g/mol. The number of β-amino-alcohol motifs (C(OH)–C–C–N with tert-alkyl or cyclic N) is 1. The first-order valence-electron chi connectivity index (χ1n) is 11.6. The molecule has 0 saturated carbocycles. The van der Waals surface area contributed by atoms with E-state index in [0.717, 1.165) is 22.8 Å². The Labute approximate surface area is 212 Å². The quantitative estimate of drug-likeness (QED) is 0.156. The van der Waals surface area contributed by atoms with Gasteiger partial charge in [-0.05, 0) is 41.3 Å². The summed E-state index contributed by atoms with van der Waals surface area (Å²) in [6.45, 7) is 2.10. The molecule has 1 aliphatic carbocycles. The van der Waals surface area contributed by atoms with Gasteiger partial charge < -0.3 is 37.8 Å². The Morgan fingerprint density at radius 2 is 1.97 bits per heavy atom. The summed E-state index contributed by atoms with van der Waals surface area (Å²) < 4.78 is 13.7. The number of aliphatic hydroxyl groups excluding tert-OH is 1. The van der Waals surface area contributed by atoms with Gasteiger partial charge in [-0.1, -0.05) is 29.8 Å². The molecule has 2 aromatic carbocycles. The molecule has 0 bridgehead atoms. The van der Waals surface area contributed by atoms with Crippen molar-refractivity contribution < 1.29 is 19.1 Å². The van der Waals surface area contributed by atoms with E-state index in [1.807, 2.05) is 18.2 Å². The minimum absolute atomic E-state index is 0.0208. The number of anilines is 1. The number of rotatable bonds is 7. The smallest absolute Gasteiger partial charge is 0.313 e. The summed E-state index contributed by atoms with van der Waals surface area (Å²) in [7, 11) is 0. The molecule has 0 radical (unpaired) electrons. The lowest BCUT2D eigenvalue weighted by atomic mass is 10.0. The topological polar surface area (TPSA) is 167 Å². The van der Waals surface area contributed by atoms with Crippen molar-refractivity contribution in [1.29, 1.82) is 0 Å². The Balaban J connectivity index is 1.46. The minimum atomic E-state index is -0.935. The highest BCUT2D eigenvalue weighted by molar-refractivity contribution is 6.39. The molecule has 1 saturated heterocycles. The lowest BCUT2D eigenvalue weighted by Crippen LogP contribution is -2.40. The summed E-state index contributed by atoms with van der Waals surface area (Å²) in [5, 5.41) is 21.5. The van der Waals surface area contributed by atoms with Gasteiger partial charge in [0.25, 0.3) is 0 Å². The Morgan fingerprint density at radius 1 is 1.17 bits per heavy atom. The van der Waals surface area contributed by atoms with Crippen molar-refractivity contribution in [1.82, 2.24) is 16.0 Å². The van der Waals surface area contributed by atoms with Crippen molar-refractivity contribution >= 4 is 35.1 Å². The number of nitrogens with one attached hydrogen (secondary N) is 4. The standard InChI is InChI=1S/C24H29ClFN7O3/c25-17-4-2-15(7-18(17)26)32-22(35)23(36)33-21-14(9-31-24(27)28)6-13-5-12(1-3-16(13)21)8-30-19-10-29-11-20(19)34/h1-5,7,14,19-21,29-30,34H,6,8-11H2,(H,32,35)(H,33,36)(H4,27,28,31)/t14-,19+,20+,21-/m1/s1. The minimum Gasteiger partial charge on any atom is -0.390 e. The van der Waals surface area contributed by atoms with Crippen LogP contribution in [0.1, 0.15) is 22.7 Å². The van der Waals surface area contributed by atoms with Gasteiger partial charge in [0.2, 0.25) is 0 Å². The molecule has 2 aliphatic rings. The summed E-state index contributed by atoms with van der Waals surface area (Å²) in [4.78, 5) is 29.3. The van der Waals surface area contributed by atoms with Crippen LogP contribution in [0.15, 0.2) is 41.4 Å². The number of aliphatic imine (C=N–C) groups is 1. The number of benzene rings is 2. The van der Waals surface area contributed by atoms with Crippen molar-refractivity contribution in [3.05, 3.63) is 63.9 Å². The van der Waals surface area contributed by atoms with Crippen LogP contribution in [0.5, 0.6) is 0 Å². The summed E-state index contributed by atoms with van der Waals surface area (Å²) in [6.07, 6.45) is 0.168. The zero-order valence-electron chi connectivity index (χ0n) is 19.4. The molecule has 192 valence electrons. The Morgan fingerprint density at radius 3 is 2.67 bits per heavy atom. The summed E-state index contributed by atoms with van der Waals surface area (Å²) in [6, 6.07) is 9.12. The molecule has 12 heteroatoms. The molecule has 1 heterocycles. The van der Waals surface area contributed by atoms with E-state index < -0.39 is 29.8 Å². The number of carbonyl (C=O) groups is 2. The van der Waals surface area contributed by atoms with Crippen molar-refractivity contribution in [2.45, 2.75) is 31.2 Å². The Bertz CT molecular complexity index is 1170. The second-order valence-corrected chi connectivity index (χ2v) is 9.42. The SMILES string of the molecule is NC(N)=NC[C@H]1Cc2cc(CN[C@H]3CNC[C@@H]3O)ccc2[C@@H]1NC(=O)C(=O)Nc1ccc(Cl)c(F)c1. The maximum Gasteiger partial charge on any atom is 0.313 e. The molecule has 1 aliphatic heterocycles. The van der Waals surface area contributed by atoms with Crippen molar-refractivity contribution in [3.63, 3.8) is 0 Å². The fraction of sp³-hybridized carbons (Fsp3) is 0.375. The third-order valence-corrected chi connectivity index (χ3v) is 6.73. The average molecular weight is 518 g/mol. The number of hydrogen-bond acceptors (Lipinski definition) is 6. The van der Waals surface area contributed by atoms with E-state index in [1.54, 1.807) is 0 Å². The van der Waals surface area contributed by atoms with Crippen LogP contribution in [-0.2, 0) is 22.6 Å². The predicted molar refractivity (Wildman–Crippen MR) is 135 cm³/mol. The van der Waals surface area contributed by atoms with E-state index in [4.69, 9.17) is 23.1 Å². The fourth-order valence-corrected chi connectivity index (χ4v) is 4.70. The lowest BCUT2D eigenvalue weighted by Gasteiger charge is -2.21. The first-order valence-corrected chi connectivity index (χ1v) is 11.9. The van der Waals surface area contributed by atoms with Gasteiger partial charge in [0.05, 0.1) is 17.2 Å². The second-order valence-electron chi connectivity index (χ2n) is 9.01. The number of nitrogens with zero attached hydrogens (tertiary/aromatic N) is 1. The van der Waals surface area contributed by atoms with Crippen LogP contribution in [0.25, 0.3) is 0 Å². The van der Waals surface area contributed by atoms with Crippen LogP contribution in [0.3, 0.4) is 0 Å². The number of aliphatic hydroxyl groups is 1. The second kappa shape index (κ2) is 11.2. The summed E-state index contributed by atoms with van der Waals surface area (Å²) in [5.41, 5.74) is 14.1. The fourth-order valence-electron chi connectivity index (χ4n) is 4.58. The van der Waals surface area contributed by atoms with Gasteiger partial charge in [-0.2, -0.15) is 0 Å². The number of carbonyl (C=O) groups excluding carboxylic acids is 2. The van der Waals surface area contributed by atoms with Gasteiger partial charge >= 0.3 is 11.8 Å². The van der Waals surface area contributed by atoms with E-state index in [0.29, 0.717) is 26.1 Å². The van der Waals surface area contributed by atoms with Crippen molar-refractivity contribution in [2.24, 2.45) is 22.4 Å². The maximum atomic E-state index is 13.7. The maximum absolute atomic E-state index is 13.7. The molecule has 36 heavy (non-hydrogen) atoms. The Hall–Kier alpha value is -3.25. The third kappa shape index (κ3) is 6.11. The van der Waals surface area contributed by atoms with E-state index in [2.05, 4.69) is 26.3 Å². The van der Waals surface area contributed by atoms with Crippen LogP contribution < -0.4 is 32.7 Å². The van der Waals surface area contributed by atoms with Crippen LogP contribution in [0.4, 0.5) is 10.1 Å². The molecule has 9 N–H and O–H groups in total. The third-order valence-electron chi connectivity index (χ3n) is 6.43. The highest BCUT2D eigenvalue weighted by Crippen LogP contribution is 2.37. The molecular weight excluding hydrogens is 489 g/mol. The van der Waals surface area contributed by atoms with Gasteiger partial charge in [0, 0.05) is 43.8 Å². The van der Waals surface area contributed by atoms with Gasteiger partial charge in [-0.15, -0.1) is 0 Å². The molecule has 4 rings (SSSR count). The average Bonchev–Trinajstić information content (AvgIpc) is 3.41. The molecule has 0 aromatic heterocycles. The van der Waals surface area contributed by atoms with Gasteiger partial charge in [-0.25, -0.2) is 4.39 Å². The highest BCUT2D eigenvalue weighted by atomic mass is 35.5. The number of amides is 2. The summed E-state index contributed by atoms with van der Waals surface area (Å²) >= 11 is 5.67. The molecule has 4 atom stereocenters. The molecule has 2 amide bonds. The molecule has 0 spiro atoms. The lowest BCUT2D eigenvalue weighted by molar-refractivity contribution is -0.136. The molecule has 1 fully saturated rings. The first-order chi connectivity index (χ1) is 17.2. The highest BCUT2D eigenvalue weighted by Gasteiger charge is 2.35. The van der Waals surface area contributed by atoms with Gasteiger partial charge in [-0.3, -0.25) is 14.6 Å². The van der Waals surface area contributed by atoms with Crippen LogP contribution in [-0.4, -0.2) is 54.7 Å². The molecule has 0 unspecified atom stereocenters. The van der Waals surface area contributed by atoms with E-state index >= 15 is 0 Å². The van der Waals surface area contributed by atoms with Crippen molar-refractivity contribution in [2.75, 3.05) is 25.0 Å². The first kappa shape index (κ1) is 25.8. The predicted octanol–water partition coefficient (Wildman–Crippen LogP) is 0.143. The van der Waals surface area contributed by atoms with Crippen LogP contribution in [0.2, 0.25) is 5.02 Å².